The van der Waals surface area contributed by atoms with Crippen molar-refractivity contribution in [1.29, 1.82) is 0 Å². The first-order valence-corrected chi connectivity index (χ1v) is 7.63. The highest BCUT2D eigenvalue weighted by molar-refractivity contribution is 7.86. The van der Waals surface area contributed by atoms with Crippen molar-refractivity contribution >= 4 is 16.2 Å². The molecule has 102 valence electrons. The Bertz CT molecular complexity index is 479. The molecule has 1 unspecified atom stereocenters. The van der Waals surface area contributed by atoms with E-state index in [1.807, 2.05) is 0 Å². The van der Waals surface area contributed by atoms with Gasteiger partial charge in [-0.3, -0.25) is 4.55 Å². The number of aromatic amines is 1. The molecule has 0 bridgehead atoms. The van der Waals surface area contributed by atoms with Crippen molar-refractivity contribution in [3.05, 3.63) is 24.3 Å². The Labute approximate surface area is 108 Å². The van der Waals surface area contributed by atoms with E-state index in [4.69, 9.17) is 0 Å². The third-order valence-corrected chi connectivity index (χ3v) is 4.00. The lowest BCUT2D eigenvalue weighted by Crippen LogP contribution is -2.14. The van der Waals surface area contributed by atoms with Crippen molar-refractivity contribution < 1.29 is 13.0 Å². The number of imidazole rings is 1. The second kappa shape index (κ2) is 6.70. The van der Waals surface area contributed by atoms with Crippen LogP contribution in [0.5, 0.6) is 0 Å². The summed E-state index contributed by atoms with van der Waals surface area (Å²) in [5.41, 5.74) is 0.646. The first-order chi connectivity index (χ1) is 8.49. The number of rotatable bonds is 8. The van der Waals surface area contributed by atoms with Gasteiger partial charge in [-0.15, -0.1) is 0 Å². The lowest BCUT2D eigenvalue weighted by atomic mass is 10.1. The number of hydrogen-bond acceptors (Lipinski definition) is 3. The van der Waals surface area contributed by atoms with Gasteiger partial charge in [0, 0.05) is 0 Å². The maximum Gasteiger partial charge on any atom is 0.275 e. The molecule has 1 rings (SSSR count). The van der Waals surface area contributed by atoms with E-state index in [2.05, 4.69) is 23.5 Å². The molecule has 6 heteroatoms. The summed E-state index contributed by atoms with van der Waals surface area (Å²) < 4.78 is 32.0. The Hall–Kier alpha value is -1.14. The van der Waals surface area contributed by atoms with E-state index in [0.29, 0.717) is 12.1 Å². The average molecular weight is 272 g/mol. The number of nitrogens with zero attached hydrogens (tertiary/aromatic N) is 1. The molecular weight excluding hydrogens is 252 g/mol. The van der Waals surface area contributed by atoms with Crippen LogP contribution in [0.25, 0.3) is 6.08 Å². The van der Waals surface area contributed by atoms with Crippen LogP contribution in [0.2, 0.25) is 0 Å². The molecule has 2 N–H and O–H groups in total. The minimum absolute atomic E-state index is 0.281. The Morgan fingerprint density at radius 1 is 1.50 bits per heavy atom. The Balaban J connectivity index is 2.76. The summed E-state index contributed by atoms with van der Waals surface area (Å²) in [4.78, 5) is 6.83. The number of unbranched alkanes of at least 4 members (excludes halogenated alkanes) is 3. The van der Waals surface area contributed by atoms with E-state index in [1.165, 1.54) is 6.20 Å². The Morgan fingerprint density at radius 3 is 2.72 bits per heavy atom. The van der Waals surface area contributed by atoms with Crippen LogP contribution >= 0.6 is 0 Å². The smallest absolute Gasteiger partial charge is 0.275 e. The van der Waals surface area contributed by atoms with E-state index in [-0.39, 0.29) is 5.82 Å². The van der Waals surface area contributed by atoms with Crippen molar-refractivity contribution in [1.82, 2.24) is 9.97 Å². The van der Waals surface area contributed by atoms with Crippen molar-refractivity contribution in [2.75, 3.05) is 0 Å². The second-order valence-corrected chi connectivity index (χ2v) is 5.88. The molecule has 0 aliphatic carbocycles. The van der Waals surface area contributed by atoms with E-state index < -0.39 is 15.4 Å². The quantitative estimate of drug-likeness (QED) is 0.563. The lowest BCUT2D eigenvalue weighted by Gasteiger charge is -2.11. The van der Waals surface area contributed by atoms with Crippen LogP contribution in [0, 0.1) is 0 Å². The molecule has 5 nitrogen and oxygen atoms in total. The normalized spacial score (nSPS) is 13.4. The number of hydrogen-bond donors (Lipinski definition) is 2. The molecule has 1 aromatic rings. The van der Waals surface area contributed by atoms with Crippen LogP contribution in [0.3, 0.4) is 0 Å². The van der Waals surface area contributed by atoms with E-state index >= 15 is 0 Å². The molecule has 0 aromatic carbocycles. The van der Waals surface area contributed by atoms with Gasteiger partial charge in [-0.2, -0.15) is 8.42 Å². The maximum atomic E-state index is 11.4. The van der Waals surface area contributed by atoms with Crippen LogP contribution in [0.1, 0.15) is 55.8 Å². The Kier molecular flexibility index (Phi) is 5.55. The van der Waals surface area contributed by atoms with Crippen molar-refractivity contribution in [3.63, 3.8) is 0 Å². The van der Waals surface area contributed by atoms with Crippen molar-refractivity contribution in [3.8, 4) is 0 Å². The first kappa shape index (κ1) is 14.9. The molecule has 0 aliphatic rings. The predicted octanol–water partition coefficient (Wildman–Crippen LogP) is 2.95. The molecule has 0 radical (unpaired) electrons. The molecule has 0 saturated carbocycles. The van der Waals surface area contributed by atoms with Crippen LogP contribution in [-0.2, 0) is 10.1 Å². The molecule has 18 heavy (non-hydrogen) atoms. The summed E-state index contributed by atoms with van der Waals surface area (Å²) in [6.45, 7) is 5.66. The van der Waals surface area contributed by atoms with Gasteiger partial charge in [-0.05, 0) is 12.5 Å². The fourth-order valence-corrected chi connectivity index (χ4v) is 2.67. The fraction of sp³-hybridized carbons (Fsp3) is 0.583. The fourth-order valence-electron chi connectivity index (χ4n) is 1.80. The summed E-state index contributed by atoms with van der Waals surface area (Å²) in [5.74, 6) is 0.281. The predicted molar refractivity (Wildman–Crippen MR) is 71.7 cm³/mol. The highest BCUT2D eigenvalue weighted by atomic mass is 32.2. The topological polar surface area (TPSA) is 83.1 Å². The van der Waals surface area contributed by atoms with Gasteiger partial charge in [-0.25, -0.2) is 4.98 Å². The van der Waals surface area contributed by atoms with Gasteiger partial charge in [0.05, 0.1) is 11.9 Å². The monoisotopic (exact) mass is 272 g/mol. The van der Waals surface area contributed by atoms with E-state index in [1.54, 1.807) is 6.08 Å². The molecule has 1 heterocycles. The van der Waals surface area contributed by atoms with Crippen molar-refractivity contribution in [2.24, 2.45) is 0 Å². The van der Waals surface area contributed by atoms with Gasteiger partial charge in [-0.1, -0.05) is 39.2 Å². The highest BCUT2D eigenvalue weighted by Gasteiger charge is 2.27. The molecule has 0 saturated heterocycles. The van der Waals surface area contributed by atoms with E-state index in [9.17, 15) is 13.0 Å². The third-order valence-electron chi connectivity index (χ3n) is 2.82. The van der Waals surface area contributed by atoms with Gasteiger partial charge in [0.15, 0.2) is 0 Å². The molecule has 0 amide bonds. The molecule has 0 spiro atoms. The zero-order chi connectivity index (χ0) is 13.6. The van der Waals surface area contributed by atoms with Gasteiger partial charge < -0.3 is 4.98 Å². The second-order valence-electron chi connectivity index (χ2n) is 4.28. The van der Waals surface area contributed by atoms with Gasteiger partial charge in [0.25, 0.3) is 10.1 Å². The summed E-state index contributed by atoms with van der Waals surface area (Å²) in [7, 11) is -4.13. The minimum Gasteiger partial charge on any atom is -0.341 e. The largest absolute Gasteiger partial charge is 0.341 e. The third kappa shape index (κ3) is 4.27. The van der Waals surface area contributed by atoms with Crippen molar-refractivity contribution in [2.45, 2.75) is 44.3 Å². The van der Waals surface area contributed by atoms with Crippen LogP contribution in [0.4, 0.5) is 0 Å². The van der Waals surface area contributed by atoms with Crippen LogP contribution in [0.15, 0.2) is 12.8 Å². The zero-order valence-corrected chi connectivity index (χ0v) is 11.4. The van der Waals surface area contributed by atoms with Crippen LogP contribution in [-0.4, -0.2) is 22.9 Å². The maximum absolute atomic E-state index is 11.4. The van der Waals surface area contributed by atoms with Gasteiger partial charge >= 0.3 is 0 Å². The molecule has 1 aromatic heterocycles. The molecular formula is C12H20N2O3S. The van der Waals surface area contributed by atoms with Gasteiger partial charge in [0.2, 0.25) is 0 Å². The average Bonchev–Trinajstić information content (AvgIpc) is 2.75. The summed E-state index contributed by atoms with van der Waals surface area (Å²) in [6, 6.07) is 0. The Morgan fingerprint density at radius 2 is 2.22 bits per heavy atom. The number of nitrogens with one attached hydrogen (secondary N) is 1. The number of aromatic nitrogens is 2. The highest BCUT2D eigenvalue weighted by Crippen LogP contribution is 2.25. The zero-order valence-electron chi connectivity index (χ0n) is 10.6. The summed E-state index contributed by atoms with van der Waals surface area (Å²) in [6.07, 6.45) is 7.29. The molecule has 1 atom stereocenters. The molecule has 0 aliphatic heterocycles. The standard InChI is InChI=1S/C12H20N2O3S/c1-3-5-6-7-8-11(18(15,16)17)12-13-9-10(4-2)14-12/h4,9,11H,2-3,5-8H2,1H3,(H,13,14)(H,15,16,17). The molecule has 0 fully saturated rings. The first-order valence-electron chi connectivity index (χ1n) is 6.12. The SMILES string of the molecule is C=Cc1cnc(C(CCCCCC)S(=O)(=O)O)[nH]1. The van der Waals surface area contributed by atoms with Crippen LogP contribution < -0.4 is 0 Å². The lowest BCUT2D eigenvalue weighted by molar-refractivity contribution is 0.456. The minimum atomic E-state index is -4.13. The summed E-state index contributed by atoms with van der Waals surface area (Å²) in [5, 5.41) is -0.969. The number of H-pyrrole nitrogens is 1. The summed E-state index contributed by atoms with van der Waals surface area (Å²) >= 11 is 0. The van der Waals surface area contributed by atoms with E-state index in [0.717, 1.165) is 25.7 Å². The van der Waals surface area contributed by atoms with Gasteiger partial charge in [0.1, 0.15) is 11.1 Å².